The molecule has 0 fully saturated rings. The molecule has 1 N–H and O–H groups in total. The maximum Gasteiger partial charge on any atom is 0.266 e. The second kappa shape index (κ2) is 12.1. The molecule has 0 aliphatic heterocycles. The molecule has 33 heavy (non-hydrogen) atoms. The van der Waals surface area contributed by atoms with Crippen LogP contribution in [0.2, 0.25) is 0 Å². The number of nitriles is 1. The van der Waals surface area contributed by atoms with Crippen LogP contribution in [0.5, 0.6) is 11.5 Å². The Balaban J connectivity index is 1.48. The number of ether oxygens (including phenoxy) is 2. The minimum atomic E-state index is -0.446. The van der Waals surface area contributed by atoms with Gasteiger partial charge in [-0.2, -0.15) is 5.26 Å². The normalized spacial score (nSPS) is 11.8. The van der Waals surface area contributed by atoms with Crippen molar-refractivity contribution in [3.63, 3.8) is 0 Å². The monoisotopic (exact) mass is 440 g/mol. The molecular formula is C28H28N2O3. The zero-order chi connectivity index (χ0) is 23.5. The summed E-state index contributed by atoms with van der Waals surface area (Å²) in [6, 6.07) is 26.4. The van der Waals surface area contributed by atoms with E-state index in [4.69, 9.17) is 9.47 Å². The molecule has 0 unspecified atom stereocenters. The van der Waals surface area contributed by atoms with Gasteiger partial charge in [0, 0.05) is 5.69 Å². The summed E-state index contributed by atoms with van der Waals surface area (Å²) in [6.45, 7) is 5.24. The Morgan fingerprint density at radius 3 is 2.06 bits per heavy atom. The number of rotatable bonds is 10. The number of amides is 1. The van der Waals surface area contributed by atoms with Crippen molar-refractivity contribution in [2.24, 2.45) is 0 Å². The van der Waals surface area contributed by atoms with Gasteiger partial charge in [-0.05, 0) is 65.9 Å². The standard InChI is InChI=1S/C28H28N2O3/c1-3-21(2)23-11-15-27(16-12-23)33-18-17-32-26-13-9-22(10-14-26)19-24(20-29)28(31)30-25-7-5-4-6-8-25/h4-16,19,21H,3,17-18H2,1-2H3,(H,30,31)/b24-19+/t21-/m1/s1. The zero-order valence-electron chi connectivity index (χ0n) is 19.0. The molecule has 5 heteroatoms. The Morgan fingerprint density at radius 2 is 1.52 bits per heavy atom. The average molecular weight is 441 g/mol. The second-order valence-corrected chi connectivity index (χ2v) is 7.63. The van der Waals surface area contributed by atoms with Crippen LogP contribution in [0.25, 0.3) is 6.08 Å². The molecule has 3 aromatic carbocycles. The van der Waals surface area contributed by atoms with E-state index in [-0.39, 0.29) is 5.57 Å². The molecule has 1 amide bonds. The molecule has 0 aromatic heterocycles. The second-order valence-electron chi connectivity index (χ2n) is 7.63. The lowest BCUT2D eigenvalue weighted by Gasteiger charge is -2.11. The van der Waals surface area contributed by atoms with Gasteiger partial charge in [0.15, 0.2) is 0 Å². The van der Waals surface area contributed by atoms with Crippen molar-refractivity contribution in [3.8, 4) is 17.6 Å². The number of nitrogens with one attached hydrogen (secondary N) is 1. The molecule has 0 bridgehead atoms. The number of anilines is 1. The first kappa shape index (κ1) is 23.6. The molecule has 0 aliphatic rings. The van der Waals surface area contributed by atoms with Gasteiger partial charge >= 0.3 is 0 Å². The summed E-state index contributed by atoms with van der Waals surface area (Å²) in [4.78, 5) is 12.3. The maximum atomic E-state index is 12.3. The van der Waals surface area contributed by atoms with Crippen LogP contribution in [0.3, 0.4) is 0 Å². The van der Waals surface area contributed by atoms with Crippen LogP contribution in [-0.2, 0) is 4.79 Å². The minimum absolute atomic E-state index is 0.0280. The lowest BCUT2D eigenvalue weighted by Crippen LogP contribution is -2.13. The Labute approximate surface area is 195 Å². The Morgan fingerprint density at radius 1 is 0.939 bits per heavy atom. The van der Waals surface area contributed by atoms with Gasteiger partial charge in [0.1, 0.15) is 36.4 Å². The summed E-state index contributed by atoms with van der Waals surface area (Å²) >= 11 is 0. The summed E-state index contributed by atoms with van der Waals surface area (Å²) in [5, 5.41) is 12.1. The summed E-state index contributed by atoms with van der Waals surface area (Å²) in [5.41, 5.74) is 2.72. The van der Waals surface area contributed by atoms with Crippen molar-refractivity contribution in [1.82, 2.24) is 0 Å². The van der Waals surface area contributed by atoms with Crippen LogP contribution in [0.1, 0.15) is 37.3 Å². The SMILES string of the molecule is CC[C@@H](C)c1ccc(OCCOc2ccc(/C=C(\C#N)C(=O)Nc3ccccc3)cc2)cc1. The first-order chi connectivity index (χ1) is 16.1. The predicted octanol–water partition coefficient (Wildman–Crippen LogP) is 6.20. The fourth-order valence-corrected chi connectivity index (χ4v) is 3.14. The molecule has 3 aromatic rings. The first-order valence-electron chi connectivity index (χ1n) is 11.0. The number of para-hydroxylation sites is 1. The Kier molecular flexibility index (Phi) is 8.67. The van der Waals surface area contributed by atoms with Gasteiger partial charge in [-0.15, -0.1) is 0 Å². The smallest absolute Gasteiger partial charge is 0.266 e. The summed E-state index contributed by atoms with van der Waals surface area (Å²) in [5.74, 6) is 1.61. The van der Waals surface area contributed by atoms with E-state index in [0.717, 1.165) is 17.7 Å². The summed E-state index contributed by atoms with van der Waals surface area (Å²) in [6.07, 6.45) is 2.66. The third-order valence-electron chi connectivity index (χ3n) is 5.27. The number of hydrogen-bond donors (Lipinski definition) is 1. The van der Waals surface area contributed by atoms with Crippen LogP contribution in [0.4, 0.5) is 5.69 Å². The molecule has 0 spiro atoms. The molecule has 168 valence electrons. The largest absolute Gasteiger partial charge is 0.490 e. The van der Waals surface area contributed by atoms with E-state index >= 15 is 0 Å². The molecule has 0 radical (unpaired) electrons. The van der Waals surface area contributed by atoms with Gasteiger partial charge in [0.05, 0.1) is 0 Å². The average Bonchev–Trinajstić information content (AvgIpc) is 2.86. The number of benzene rings is 3. The summed E-state index contributed by atoms with van der Waals surface area (Å²) < 4.78 is 11.5. The molecule has 0 saturated carbocycles. The van der Waals surface area contributed by atoms with E-state index in [1.165, 1.54) is 5.56 Å². The quantitative estimate of drug-likeness (QED) is 0.231. The molecule has 0 saturated heterocycles. The van der Waals surface area contributed by atoms with Crippen molar-refractivity contribution in [2.45, 2.75) is 26.2 Å². The van der Waals surface area contributed by atoms with Gasteiger partial charge in [-0.1, -0.05) is 56.3 Å². The van der Waals surface area contributed by atoms with E-state index in [0.29, 0.717) is 30.6 Å². The van der Waals surface area contributed by atoms with Crippen LogP contribution in [0, 0.1) is 11.3 Å². The zero-order valence-corrected chi connectivity index (χ0v) is 19.0. The van der Waals surface area contributed by atoms with E-state index in [1.54, 1.807) is 42.5 Å². The van der Waals surface area contributed by atoms with Crippen molar-refractivity contribution in [1.29, 1.82) is 5.26 Å². The van der Waals surface area contributed by atoms with E-state index in [2.05, 4.69) is 31.3 Å². The third kappa shape index (κ3) is 7.26. The first-order valence-corrected chi connectivity index (χ1v) is 11.0. The van der Waals surface area contributed by atoms with Crippen molar-refractivity contribution < 1.29 is 14.3 Å². The van der Waals surface area contributed by atoms with Gasteiger partial charge in [0.2, 0.25) is 0 Å². The lowest BCUT2D eigenvalue weighted by atomic mass is 9.99. The summed E-state index contributed by atoms with van der Waals surface area (Å²) in [7, 11) is 0. The molecule has 5 nitrogen and oxygen atoms in total. The number of hydrogen-bond acceptors (Lipinski definition) is 4. The lowest BCUT2D eigenvalue weighted by molar-refractivity contribution is -0.112. The van der Waals surface area contributed by atoms with E-state index in [1.807, 2.05) is 36.4 Å². The van der Waals surface area contributed by atoms with Crippen LogP contribution in [-0.4, -0.2) is 19.1 Å². The van der Waals surface area contributed by atoms with Gasteiger partial charge in [-0.25, -0.2) is 0 Å². The molecule has 1 atom stereocenters. The highest BCUT2D eigenvalue weighted by atomic mass is 16.5. The van der Waals surface area contributed by atoms with Gasteiger partial charge < -0.3 is 14.8 Å². The topological polar surface area (TPSA) is 71.3 Å². The van der Waals surface area contributed by atoms with Crippen LogP contribution in [0.15, 0.2) is 84.4 Å². The highest BCUT2D eigenvalue weighted by Gasteiger charge is 2.09. The minimum Gasteiger partial charge on any atom is -0.490 e. The third-order valence-corrected chi connectivity index (χ3v) is 5.27. The number of carbonyl (C=O) groups excluding carboxylic acids is 1. The number of carbonyl (C=O) groups is 1. The fraction of sp³-hybridized carbons (Fsp3) is 0.214. The Hall–Kier alpha value is -4.04. The Bertz CT molecular complexity index is 1100. The van der Waals surface area contributed by atoms with E-state index in [9.17, 15) is 10.1 Å². The van der Waals surface area contributed by atoms with Gasteiger partial charge in [-0.3, -0.25) is 4.79 Å². The van der Waals surface area contributed by atoms with Crippen molar-refractivity contribution in [3.05, 3.63) is 95.6 Å². The predicted molar refractivity (Wildman–Crippen MR) is 131 cm³/mol. The molecular weight excluding hydrogens is 412 g/mol. The van der Waals surface area contributed by atoms with Crippen molar-refractivity contribution >= 4 is 17.7 Å². The molecule has 0 heterocycles. The highest BCUT2D eigenvalue weighted by Crippen LogP contribution is 2.21. The van der Waals surface area contributed by atoms with Crippen molar-refractivity contribution in [2.75, 3.05) is 18.5 Å². The fourth-order valence-electron chi connectivity index (χ4n) is 3.14. The maximum absolute atomic E-state index is 12.3. The number of nitrogens with zero attached hydrogens (tertiary/aromatic N) is 1. The van der Waals surface area contributed by atoms with E-state index < -0.39 is 5.91 Å². The van der Waals surface area contributed by atoms with Gasteiger partial charge in [0.25, 0.3) is 5.91 Å². The van der Waals surface area contributed by atoms with Crippen LogP contribution < -0.4 is 14.8 Å². The molecule has 0 aliphatic carbocycles. The highest BCUT2D eigenvalue weighted by molar-refractivity contribution is 6.09. The molecule has 3 rings (SSSR count). The van der Waals surface area contributed by atoms with Crippen LogP contribution >= 0.6 is 0 Å².